The van der Waals surface area contributed by atoms with E-state index in [0.717, 1.165) is 24.2 Å². The molecule has 3 N–H and O–H groups in total. The minimum absolute atomic E-state index is 0.0158. The van der Waals surface area contributed by atoms with Gasteiger partial charge in [-0.05, 0) is 43.0 Å². The summed E-state index contributed by atoms with van der Waals surface area (Å²) in [4.78, 5) is 0. The maximum Gasteiger partial charge on any atom is 0.123 e. The monoisotopic (exact) mass is 240 g/mol. The molecule has 0 fully saturated rings. The molecule has 0 radical (unpaired) electrons. The topological polar surface area (TPSA) is 47.3 Å². The van der Waals surface area contributed by atoms with Crippen molar-refractivity contribution in [2.24, 2.45) is 5.84 Å². The van der Waals surface area contributed by atoms with Crippen LogP contribution in [0.3, 0.4) is 0 Å². The van der Waals surface area contributed by atoms with E-state index in [2.05, 4.69) is 12.3 Å². The fraction of sp³-hybridized carbons (Fsp3) is 0.538. The van der Waals surface area contributed by atoms with Gasteiger partial charge in [0.15, 0.2) is 0 Å². The Kier molecular flexibility index (Phi) is 6.11. The van der Waals surface area contributed by atoms with Crippen molar-refractivity contribution >= 4 is 0 Å². The predicted molar refractivity (Wildman–Crippen MR) is 67.1 cm³/mol. The summed E-state index contributed by atoms with van der Waals surface area (Å²) in [5.74, 6) is 5.26. The Balaban J connectivity index is 2.57. The fourth-order valence-corrected chi connectivity index (χ4v) is 1.66. The first-order valence-electron chi connectivity index (χ1n) is 5.96. The molecule has 0 aliphatic rings. The Morgan fingerprint density at radius 3 is 2.88 bits per heavy atom. The Bertz CT molecular complexity index is 344. The lowest BCUT2D eigenvalue weighted by Gasteiger charge is -2.17. The summed E-state index contributed by atoms with van der Waals surface area (Å²) in [7, 11) is 0. The third-order valence-electron chi connectivity index (χ3n) is 2.68. The van der Waals surface area contributed by atoms with Gasteiger partial charge in [-0.2, -0.15) is 0 Å². The number of hydrogen-bond acceptors (Lipinski definition) is 3. The average molecular weight is 240 g/mol. The van der Waals surface area contributed by atoms with Crippen molar-refractivity contribution in [2.75, 3.05) is 13.2 Å². The van der Waals surface area contributed by atoms with Gasteiger partial charge in [0, 0.05) is 12.6 Å². The van der Waals surface area contributed by atoms with Crippen LogP contribution < -0.4 is 11.3 Å². The Morgan fingerprint density at radius 2 is 2.24 bits per heavy atom. The standard InChI is InChI=1S/C13H21FN2O/c1-3-6-17-9-13(16-15)8-11-7-12(14)5-4-10(11)2/h4-5,7,13,16H,3,6,8-9,15H2,1-2H3. The van der Waals surface area contributed by atoms with Crippen molar-refractivity contribution in [3.05, 3.63) is 35.1 Å². The number of nitrogens with one attached hydrogen (secondary N) is 1. The lowest BCUT2D eigenvalue weighted by atomic mass is 10.0. The van der Waals surface area contributed by atoms with Gasteiger partial charge in [0.1, 0.15) is 5.82 Å². The number of hydrazine groups is 1. The summed E-state index contributed by atoms with van der Waals surface area (Å²) >= 11 is 0. The van der Waals surface area contributed by atoms with Gasteiger partial charge in [-0.15, -0.1) is 0 Å². The first-order valence-corrected chi connectivity index (χ1v) is 5.96. The number of hydrogen-bond donors (Lipinski definition) is 2. The Morgan fingerprint density at radius 1 is 1.47 bits per heavy atom. The molecule has 0 aliphatic carbocycles. The highest BCUT2D eigenvalue weighted by molar-refractivity contribution is 5.27. The molecule has 96 valence electrons. The Labute approximate surface area is 102 Å². The zero-order valence-electron chi connectivity index (χ0n) is 10.5. The number of rotatable bonds is 7. The third-order valence-corrected chi connectivity index (χ3v) is 2.68. The number of nitrogens with two attached hydrogens (primary N) is 1. The molecule has 0 bridgehead atoms. The summed E-state index contributed by atoms with van der Waals surface area (Å²) in [6.45, 7) is 5.29. The van der Waals surface area contributed by atoms with E-state index in [0.29, 0.717) is 13.0 Å². The van der Waals surface area contributed by atoms with Gasteiger partial charge < -0.3 is 4.74 Å². The minimum atomic E-state index is -0.212. The van der Waals surface area contributed by atoms with E-state index < -0.39 is 0 Å². The second-order valence-corrected chi connectivity index (χ2v) is 4.21. The molecule has 0 aliphatic heterocycles. The molecule has 1 rings (SSSR count). The van der Waals surface area contributed by atoms with Crippen molar-refractivity contribution in [1.82, 2.24) is 5.43 Å². The molecule has 0 heterocycles. The van der Waals surface area contributed by atoms with E-state index in [9.17, 15) is 4.39 Å². The SMILES string of the molecule is CCCOCC(Cc1cc(F)ccc1C)NN. The summed E-state index contributed by atoms with van der Waals surface area (Å²) in [5.41, 5.74) is 4.75. The fourth-order valence-electron chi connectivity index (χ4n) is 1.66. The second kappa shape index (κ2) is 7.37. The zero-order chi connectivity index (χ0) is 12.7. The molecule has 0 amide bonds. The van der Waals surface area contributed by atoms with E-state index in [-0.39, 0.29) is 11.9 Å². The van der Waals surface area contributed by atoms with Gasteiger partial charge in [-0.3, -0.25) is 11.3 Å². The summed E-state index contributed by atoms with van der Waals surface area (Å²) in [6.07, 6.45) is 1.65. The Hall–Kier alpha value is -0.970. The van der Waals surface area contributed by atoms with E-state index in [1.807, 2.05) is 6.92 Å². The molecular weight excluding hydrogens is 219 g/mol. The molecule has 0 saturated heterocycles. The van der Waals surface area contributed by atoms with Gasteiger partial charge in [0.05, 0.1) is 6.61 Å². The lowest BCUT2D eigenvalue weighted by molar-refractivity contribution is 0.112. The quantitative estimate of drug-likeness (QED) is 0.435. The molecule has 3 nitrogen and oxygen atoms in total. The van der Waals surface area contributed by atoms with E-state index in [4.69, 9.17) is 10.6 Å². The van der Waals surface area contributed by atoms with Crippen LogP contribution in [0.2, 0.25) is 0 Å². The van der Waals surface area contributed by atoms with Gasteiger partial charge in [-0.1, -0.05) is 13.0 Å². The molecule has 4 heteroatoms. The van der Waals surface area contributed by atoms with Crippen LogP contribution in [0.1, 0.15) is 24.5 Å². The molecule has 1 unspecified atom stereocenters. The van der Waals surface area contributed by atoms with Gasteiger partial charge in [-0.25, -0.2) is 4.39 Å². The van der Waals surface area contributed by atoms with Crippen LogP contribution in [0.15, 0.2) is 18.2 Å². The van der Waals surface area contributed by atoms with Crippen molar-refractivity contribution in [3.8, 4) is 0 Å². The smallest absolute Gasteiger partial charge is 0.123 e. The predicted octanol–water partition coefficient (Wildman–Crippen LogP) is 1.94. The van der Waals surface area contributed by atoms with E-state index in [1.165, 1.54) is 6.07 Å². The summed E-state index contributed by atoms with van der Waals surface area (Å²) in [5, 5.41) is 0. The van der Waals surface area contributed by atoms with Gasteiger partial charge in [0.2, 0.25) is 0 Å². The van der Waals surface area contributed by atoms with E-state index >= 15 is 0 Å². The second-order valence-electron chi connectivity index (χ2n) is 4.21. The maximum atomic E-state index is 13.1. The number of aryl methyl sites for hydroxylation is 1. The van der Waals surface area contributed by atoms with Gasteiger partial charge >= 0.3 is 0 Å². The van der Waals surface area contributed by atoms with E-state index in [1.54, 1.807) is 12.1 Å². The molecule has 0 spiro atoms. The lowest BCUT2D eigenvalue weighted by Crippen LogP contribution is -2.40. The van der Waals surface area contributed by atoms with Crippen LogP contribution in [0.5, 0.6) is 0 Å². The average Bonchev–Trinajstić information content (AvgIpc) is 2.32. The molecular formula is C13H21FN2O. The van der Waals surface area contributed by atoms with Crippen LogP contribution in [0.4, 0.5) is 4.39 Å². The third kappa shape index (κ3) is 4.81. The molecule has 1 aromatic rings. The zero-order valence-corrected chi connectivity index (χ0v) is 10.5. The van der Waals surface area contributed by atoms with Crippen molar-refractivity contribution in [3.63, 3.8) is 0 Å². The molecule has 17 heavy (non-hydrogen) atoms. The number of halogens is 1. The minimum Gasteiger partial charge on any atom is -0.380 e. The highest BCUT2D eigenvalue weighted by Gasteiger charge is 2.10. The first-order chi connectivity index (χ1) is 8.17. The molecule has 0 aromatic heterocycles. The summed E-state index contributed by atoms with van der Waals surface area (Å²) in [6, 6.07) is 4.82. The van der Waals surface area contributed by atoms with Crippen LogP contribution in [0, 0.1) is 12.7 Å². The number of benzene rings is 1. The van der Waals surface area contributed by atoms with Crippen LogP contribution in [0.25, 0.3) is 0 Å². The van der Waals surface area contributed by atoms with Crippen LogP contribution >= 0.6 is 0 Å². The van der Waals surface area contributed by atoms with Crippen molar-refractivity contribution < 1.29 is 9.13 Å². The molecule has 0 saturated carbocycles. The normalized spacial score (nSPS) is 12.7. The van der Waals surface area contributed by atoms with Crippen LogP contribution in [-0.4, -0.2) is 19.3 Å². The molecule has 1 atom stereocenters. The maximum absolute atomic E-state index is 13.1. The van der Waals surface area contributed by atoms with Gasteiger partial charge in [0.25, 0.3) is 0 Å². The highest BCUT2D eigenvalue weighted by Crippen LogP contribution is 2.12. The van der Waals surface area contributed by atoms with Crippen LogP contribution in [-0.2, 0) is 11.2 Å². The summed E-state index contributed by atoms with van der Waals surface area (Å²) < 4.78 is 18.6. The number of ether oxygens (including phenoxy) is 1. The molecule has 1 aromatic carbocycles. The largest absolute Gasteiger partial charge is 0.380 e. The van der Waals surface area contributed by atoms with Crippen molar-refractivity contribution in [1.29, 1.82) is 0 Å². The highest BCUT2D eigenvalue weighted by atomic mass is 19.1. The van der Waals surface area contributed by atoms with Crippen molar-refractivity contribution in [2.45, 2.75) is 32.7 Å². The first kappa shape index (κ1) is 14.1.